The largest absolute Gasteiger partial charge is 0.466 e. The van der Waals surface area contributed by atoms with Gasteiger partial charge in [0.05, 0.1) is 12.3 Å². The van der Waals surface area contributed by atoms with Gasteiger partial charge in [0.15, 0.2) is 5.78 Å². The Morgan fingerprint density at radius 2 is 1.75 bits per heavy atom. The van der Waals surface area contributed by atoms with Gasteiger partial charge in [-0.25, -0.2) is 0 Å². The van der Waals surface area contributed by atoms with Crippen LogP contribution in [0.15, 0.2) is 48.5 Å². The molecular formula is C19H19NO4. The van der Waals surface area contributed by atoms with E-state index >= 15 is 0 Å². The molecule has 2 aromatic rings. The number of nitrogens with one attached hydrogen (secondary N) is 1. The third-order valence-corrected chi connectivity index (χ3v) is 3.34. The van der Waals surface area contributed by atoms with Gasteiger partial charge in [0.2, 0.25) is 5.91 Å². The third kappa shape index (κ3) is 4.52. The minimum Gasteiger partial charge on any atom is -0.466 e. The van der Waals surface area contributed by atoms with Crippen molar-refractivity contribution in [3.63, 3.8) is 0 Å². The lowest BCUT2D eigenvalue weighted by molar-refractivity contribution is -0.145. The number of benzene rings is 2. The number of hydrogen-bond donors (Lipinski definition) is 1. The molecule has 0 fully saturated rings. The molecule has 0 bridgehead atoms. The molecular weight excluding hydrogens is 306 g/mol. The second-order valence-electron chi connectivity index (χ2n) is 5.27. The molecule has 5 nitrogen and oxygen atoms in total. The number of aryl methyl sites for hydroxylation is 1. The SMILES string of the molecule is CCOC(=O)CC(=O)Nc1ccc(C)cc1C(=O)c1ccccc1. The topological polar surface area (TPSA) is 72.5 Å². The summed E-state index contributed by atoms with van der Waals surface area (Å²) in [6.07, 6.45) is -0.388. The number of anilines is 1. The second kappa shape index (κ2) is 8.06. The zero-order valence-corrected chi connectivity index (χ0v) is 13.7. The van der Waals surface area contributed by atoms with E-state index in [-0.39, 0.29) is 18.8 Å². The first-order valence-corrected chi connectivity index (χ1v) is 7.67. The van der Waals surface area contributed by atoms with Gasteiger partial charge in [-0.3, -0.25) is 14.4 Å². The second-order valence-corrected chi connectivity index (χ2v) is 5.27. The summed E-state index contributed by atoms with van der Waals surface area (Å²) in [5.41, 5.74) is 2.20. The summed E-state index contributed by atoms with van der Waals surface area (Å²) in [6, 6.07) is 14.0. The van der Waals surface area contributed by atoms with Crippen LogP contribution in [0, 0.1) is 6.92 Å². The Morgan fingerprint density at radius 3 is 2.42 bits per heavy atom. The molecule has 2 aromatic carbocycles. The Bertz CT molecular complexity index is 753. The average Bonchev–Trinajstić information content (AvgIpc) is 2.56. The fraction of sp³-hybridized carbons (Fsp3) is 0.211. The predicted molar refractivity (Wildman–Crippen MR) is 90.9 cm³/mol. The first-order valence-electron chi connectivity index (χ1n) is 7.67. The van der Waals surface area contributed by atoms with Crippen LogP contribution in [-0.4, -0.2) is 24.3 Å². The molecule has 24 heavy (non-hydrogen) atoms. The van der Waals surface area contributed by atoms with Crippen LogP contribution in [0.2, 0.25) is 0 Å². The summed E-state index contributed by atoms with van der Waals surface area (Å²) in [5, 5.41) is 2.62. The lowest BCUT2D eigenvalue weighted by atomic mass is 9.99. The van der Waals surface area contributed by atoms with Crippen molar-refractivity contribution in [2.24, 2.45) is 0 Å². The Balaban J connectivity index is 2.23. The quantitative estimate of drug-likeness (QED) is 0.503. The summed E-state index contributed by atoms with van der Waals surface area (Å²) < 4.78 is 4.75. The van der Waals surface area contributed by atoms with E-state index in [2.05, 4.69) is 5.32 Å². The molecule has 5 heteroatoms. The van der Waals surface area contributed by atoms with Gasteiger partial charge < -0.3 is 10.1 Å². The van der Waals surface area contributed by atoms with E-state index in [9.17, 15) is 14.4 Å². The van der Waals surface area contributed by atoms with Gasteiger partial charge in [-0.15, -0.1) is 0 Å². The van der Waals surface area contributed by atoms with Gasteiger partial charge in [0.25, 0.3) is 0 Å². The van der Waals surface area contributed by atoms with Crippen molar-refractivity contribution in [3.8, 4) is 0 Å². The molecule has 0 saturated carbocycles. The van der Waals surface area contributed by atoms with E-state index in [4.69, 9.17) is 4.74 Å². The fourth-order valence-electron chi connectivity index (χ4n) is 2.24. The van der Waals surface area contributed by atoms with Crippen LogP contribution < -0.4 is 5.32 Å². The molecule has 1 amide bonds. The summed E-state index contributed by atoms with van der Waals surface area (Å²) in [6.45, 7) is 3.76. The summed E-state index contributed by atoms with van der Waals surface area (Å²) in [7, 11) is 0. The molecule has 0 radical (unpaired) electrons. The van der Waals surface area contributed by atoms with Crippen molar-refractivity contribution in [1.82, 2.24) is 0 Å². The fourth-order valence-corrected chi connectivity index (χ4v) is 2.24. The summed E-state index contributed by atoms with van der Waals surface area (Å²) in [4.78, 5) is 36.0. The Hall–Kier alpha value is -2.95. The third-order valence-electron chi connectivity index (χ3n) is 3.34. The number of carbonyl (C=O) groups excluding carboxylic acids is 3. The standard InChI is InChI=1S/C19H19NO4/c1-3-24-18(22)12-17(21)20-16-10-9-13(2)11-15(16)19(23)14-7-5-4-6-8-14/h4-11H,3,12H2,1-2H3,(H,20,21). The van der Waals surface area contributed by atoms with Crippen molar-refractivity contribution in [3.05, 3.63) is 65.2 Å². The highest BCUT2D eigenvalue weighted by Crippen LogP contribution is 2.21. The Kier molecular flexibility index (Phi) is 5.84. The first kappa shape index (κ1) is 17.4. The van der Waals surface area contributed by atoms with Gasteiger partial charge in [0.1, 0.15) is 6.42 Å². The monoisotopic (exact) mass is 325 g/mol. The van der Waals surface area contributed by atoms with E-state index in [1.807, 2.05) is 13.0 Å². The number of ketones is 1. The number of hydrogen-bond acceptors (Lipinski definition) is 4. The van der Waals surface area contributed by atoms with E-state index in [1.54, 1.807) is 49.4 Å². The smallest absolute Gasteiger partial charge is 0.315 e. The van der Waals surface area contributed by atoms with Gasteiger partial charge in [-0.1, -0.05) is 42.0 Å². The molecule has 0 unspecified atom stereocenters. The molecule has 1 N–H and O–H groups in total. The number of rotatable bonds is 6. The molecule has 0 aliphatic carbocycles. The number of ether oxygens (including phenoxy) is 1. The zero-order valence-electron chi connectivity index (χ0n) is 13.7. The maximum Gasteiger partial charge on any atom is 0.315 e. The highest BCUT2D eigenvalue weighted by atomic mass is 16.5. The maximum absolute atomic E-state index is 12.7. The number of carbonyl (C=O) groups is 3. The lowest BCUT2D eigenvalue weighted by Gasteiger charge is -2.11. The first-order chi connectivity index (χ1) is 11.5. The highest BCUT2D eigenvalue weighted by molar-refractivity contribution is 6.14. The lowest BCUT2D eigenvalue weighted by Crippen LogP contribution is -2.19. The Morgan fingerprint density at radius 1 is 1.04 bits per heavy atom. The molecule has 0 aliphatic heterocycles. The summed E-state index contributed by atoms with van der Waals surface area (Å²) in [5.74, 6) is -1.30. The molecule has 0 aliphatic rings. The molecule has 0 spiro atoms. The molecule has 0 aromatic heterocycles. The maximum atomic E-state index is 12.7. The predicted octanol–water partition coefficient (Wildman–Crippen LogP) is 3.12. The molecule has 124 valence electrons. The van der Waals surface area contributed by atoms with E-state index in [0.29, 0.717) is 16.8 Å². The van der Waals surface area contributed by atoms with Gasteiger partial charge in [-0.05, 0) is 26.0 Å². The van der Waals surface area contributed by atoms with Crippen LogP contribution in [0.1, 0.15) is 34.8 Å². The van der Waals surface area contributed by atoms with Crippen molar-refractivity contribution in [2.75, 3.05) is 11.9 Å². The van der Waals surface area contributed by atoms with Crippen LogP contribution in [0.25, 0.3) is 0 Å². The molecule has 0 heterocycles. The van der Waals surface area contributed by atoms with Gasteiger partial charge in [-0.2, -0.15) is 0 Å². The zero-order chi connectivity index (χ0) is 17.5. The van der Waals surface area contributed by atoms with Crippen LogP contribution >= 0.6 is 0 Å². The van der Waals surface area contributed by atoms with Gasteiger partial charge in [0, 0.05) is 11.1 Å². The highest BCUT2D eigenvalue weighted by Gasteiger charge is 2.17. The van der Waals surface area contributed by atoms with Crippen molar-refractivity contribution in [1.29, 1.82) is 0 Å². The number of amides is 1. The molecule has 0 atom stereocenters. The van der Waals surface area contributed by atoms with Crippen LogP contribution in [-0.2, 0) is 14.3 Å². The van der Waals surface area contributed by atoms with Crippen LogP contribution in [0.3, 0.4) is 0 Å². The molecule has 0 saturated heterocycles. The molecule has 2 rings (SSSR count). The minimum atomic E-state index is -0.599. The van der Waals surface area contributed by atoms with Crippen molar-refractivity contribution >= 4 is 23.3 Å². The summed E-state index contributed by atoms with van der Waals surface area (Å²) >= 11 is 0. The average molecular weight is 325 g/mol. The van der Waals surface area contributed by atoms with E-state index < -0.39 is 11.9 Å². The van der Waals surface area contributed by atoms with Crippen molar-refractivity contribution in [2.45, 2.75) is 20.3 Å². The minimum absolute atomic E-state index is 0.189. The van der Waals surface area contributed by atoms with Crippen LogP contribution in [0.4, 0.5) is 5.69 Å². The van der Waals surface area contributed by atoms with E-state index in [0.717, 1.165) is 5.56 Å². The normalized spacial score (nSPS) is 10.1. The Labute approximate surface area is 140 Å². The van der Waals surface area contributed by atoms with Gasteiger partial charge >= 0.3 is 5.97 Å². The van der Waals surface area contributed by atoms with E-state index in [1.165, 1.54) is 0 Å². The van der Waals surface area contributed by atoms with Crippen LogP contribution in [0.5, 0.6) is 0 Å². The number of esters is 1. The van der Waals surface area contributed by atoms with Crippen molar-refractivity contribution < 1.29 is 19.1 Å².